The molecule has 0 fully saturated rings. The number of pyridine rings is 1. The maximum Gasteiger partial charge on any atom is 0.332 e. The second-order valence-corrected chi connectivity index (χ2v) is 5.35. The van der Waals surface area contributed by atoms with Gasteiger partial charge in [-0.05, 0) is 24.3 Å². The van der Waals surface area contributed by atoms with Gasteiger partial charge in [0.15, 0.2) is 17.3 Å². The van der Waals surface area contributed by atoms with E-state index in [1.807, 2.05) is 0 Å². The van der Waals surface area contributed by atoms with Crippen LogP contribution in [0.15, 0.2) is 40.1 Å². The van der Waals surface area contributed by atoms with Crippen LogP contribution in [0, 0.1) is 11.6 Å². The summed E-state index contributed by atoms with van der Waals surface area (Å²) in [6.07, 6.45) is 1.32. The first-order chi connectivity index (χ1) is 11.8. The number of hydrogen-bond acceptors (Lipinski definition) is 4. The van der Waals surface area contributed by atoms with Crippen LogP contribution in [-0.2, 0) is 14.1 Å². The molecule has 0 saturated carbocycles. The van der Waals surface area contributed by atoms with Crippen LogP contribution in [0.1, 0.15) is 10.4 Å². The van der Waals surface area contributed by atoms with Crippen LogP contribution in [0.3, 0.4) is 0 Å². The average molecular weight is 346 g/mol. The van der Waals surface area contributed by atoms with Crippen molar-refractivity contribution in [3.8, 4) is 0 Å². The summed E-state index contributed by atoms with van der Waals surface area (Å²) in [5, 5.41) is 2.50. The molecule has 2 aromatic heterocycles. The Morgan fingerprint density at radius 3 is 2.48 bits per heavy atom. The van der Waals surface area contributed by atoms with Crippen LogP contribution >= 0.6 is 0 Å². The van der Waals surface area contributed by atoms with Gasteiger partial charge >= 0.3 is 5.69 Å². The molecule has 0 radical (unpaired) electrons. The highest BCUT2D eigenvalue weighted by Crippen LogP contribution is 2.18. The van der Waals surface area contributed by atoms with Gasteiger partial charge in [-0.1, -0.05) is 0 Å². The molecule has 7 nitrogen and oxygen atoms in total. The molecule has 2 heterocycles. The minimum absolute atomic E-state index is 0.0306. The number of nitrogens with one attached hydrogen (secondary N) is 1. The number of aryl methyl sites for hydroxylation is 1. The van der Waals surface area contributed by atoms with Crippen LogP contribution in [0.2, 0.25) is 0 Å². The number of benzene rings is 1. The van der Waals surface area contributed by atoms with Crippen LogP contribution in [-0.4, -0.2) is 20.0 Å². The van der Waals surface area contributed by atoms with Gasteiger partial charge in [0.2, 0.25) is 0 Å². The van der Waals surface area contributed by atoms with E-state index in [1.54, 1.807) is 0 Å². The molecule has 0 aliphatic carbocycles. The van der Waals surface area contributed by atoms with Gasteiger partial charge in [-0.3, -0.25) is 18.7 Å². The van der Waals surface area contributed by atoms with Crippen LogP contribution in [0.25, 0.3) is 11.0 Å². The largest absolute Gasteiger partial charge is 0.332 e. The van der Waals surface area contributed by atoms with Gasteiger partial charge in [-0.15, -0.1) is 0 Å². The van der Waals surface area contributed by atoms with Gasteiger partial charge in [0.05, 0.1) is 5.69 Å². The molecular weight excluding hydrogens is 334 g/mol. The Bertz CT molecular complexity index is 1130. The predicted octanol–water partition coefficient (Wildman–Crippen LogP) is 1.16. The number of nitrogens with zero attached hydrogens (tertiary/aromatic N) is 3. The zero-order valence-electron chi connectivity index (χ0n) is 13.2. The summed E-state index contributed by atoms with van der Waals surface area (Å²) < 4.78 is 28.3. The van der Waals surface area contributed by atoms with Crippen molar-refractivity contribution in [3.05, 3.63) is 68.5 Å². The third-order valence-electron chi connectivity index (χ3n) is 3.77. The highest BCUT2D eigenvalue weighted by Gasteiger charge is 2.16. The fourth-order valence-corrected chi connectivity index (χ4v) is 2.42. The molecule has 25 heavy (non-hydrogen) atoms. The molecule has 3 aromatic rings. The summed E-state index contributed by atoms with van der Waals surface area (Å²) >= 11 is 0. The summed E-state index contributed by atoms with van der Waals surface area (Å²) in [7, 11) is 2.75. The molecular formula is C16H12F2N4O3. The Hall–Kier alpha value is -3.36. The zero-order valence-corrected chi connectivity index (χ0v) is 13.2. The van der Waals surface area contributed by atoms with Crippen LogP contribution < -0.4 is 16.6 Å². The van der Waals surface area contributed by atoms with E-state index in [0.717, 1.165) is 22.8 Å². The summed E-state index contributed by atoms with van der Waals surface area (Å²) in [4.78, 5) is 40.6. The molecule has 0 atom stereocenters. The van der Waals surface area contributed by atoms with E-state index in [2.05, 4.69) is 10.3 Å². The van der Waals surface area contributed by atoms with E-state index >= 15 is 0 Å². The number of fused-ring (bicyclic) bond motifs is 1. The maximum atomic E-state index is 13.3. The molecule has 0 saturated heterocycles. The van der Waals surface area contributed by atoms with Gasteiger partial charge in [0.1, 0.15) is 5.39 Å². The van der Waals surface area contributed by atoms with E-state index in [1.165, 1.54) is 30.9 Å². The molecule has 0 aliphatic heterocycles. The molecule has 1 aromatic carbocycles. The molecule has 128 valence electrons. The Morgan fingerprint density at radius 1 is 1.08 bits per heavy atom. The summed E-state index contributed by atoms with van der Waals surface area (Å²) in [5.74, 6) is -2.97. The number of hydrogen-bond donors (Lipinski definition) is 1. The minimum atomic E-state index is -1.16. The third kappa shape index (κ3) is 2.69. The topological polar surface area (TPSA) is 86.0 Å². The lowest BCUT2D eigenvalue weighted by atomic mass is 10.2. The van der Waals surface area contributed by atoms with Crippen molar-refractivity contribution in [2.75, 3.05) is 5.32 Å². The number of aromatic nitrogens is 3. The van der Waals surface area contributed by atoms with E-state index in [-0.39, 0.29) is 22.3 Å². The molecule has 0 bridgehead atoms. The Kier molecular flexibility index (Phi) is 3.91. The van der Waals surface area contributed by atoms with E-state index in [4.69, 9.17) is 0 Å². The van der Waals surface area contributed by atoms with Gasteiger partial charge < -0.3 is 5.32 Å². The standard InChI is InChI=1S/C16H12F2N4O3/c1-21-13-12(15(24)22(2)16(21)25)11(5-6-19-13)20-14(23)8-3-4-9(17)10(18)7-8/h3-7H,1-2H3,(H,19,20,23). The van der Waals surface area contributed by atoms with Gasteiger partial charge in [-0.25, -0.2) is 18.6 Å². The van der Waals surface area contributed by atoms with Gasteiger partial charge in [-0.2, -0.15) is 0 Å². The van der Waals surface area contributed by atoms with Crippen molar-refractivity contribution < 1.29 is 13.6 Å². The van der Waals surface area contributed by atoms with E-state index in [0.29, 0.717) is 0 Å². The first-order valence-corrected chi connectivity index (χ1v) is 7.12. The second-order valence-electron chi connectivity index (χ2n) is 5.35. The normalized spacial score (nSPS) is 10.9. The number of rotatable bonds is 2. The van der Waals surface area contributed by atoms with Gasteiger partial charge in [0.25, 0.3) is 11.5 Å². The first kappa shape index (κ1) is 16.5. The fourth-order valence-electron chi connectivity index (χ4n) is 2.42. The average Bonchev–Trinajstić information content (AvgIpc) is 2.60. The summed E-state index contributed by atoms with van der Waals surface area (Å²) in [6, 6.07) is 4.08. The Labute approximate surface area is 139 Å². The lowest BCUT2D eigenvalue weighted by Crippen LogP contribution is -2.37. The van der Waals surface area contributed by atoms with Gasteiger partial charge in [0, 0.05) is 25.9 Å². The third-order valence-corrected chi connectivity index (χ3v) is 3.77. The lowest BCUT2D eigenvalue weighted by Gasteiger charge is -2.11. The monoisotopic (exact) mass is 346 g/mol. The summed E-state index contributed by atoms with van der Waals surface area (Å²) in [5.41, 5.74) is -1.11. The quantitative estimate of drug-likeness (QED) is 0.755. The number of carbonyl (C=O) groups is 1. The number of amides is 1. The molecule has 1 amide bonds. The smallest absolute Gasteiger partial charge is 0.321 e. The molecule has 3 rings (SSSR count). The molecule has 9 heteroatoms. The predicted molar refractivity (Wildman–Crippen MR) is 86.5 cm³/mol. The highest BCUT2D eigenvalue weighted by atomic mass is 19.2. The molecule has 1 N–H and O–H groups in total. The minimum Gasteiger partial charge on any atom is -0.321 e. The van der Waals surface area contributed by atoms with Crippen molar-refractivity contribution >= 4 is 22.6 Å². The van der Waals surface area contributed by atoms with Crippen molar-refractivity contribution in [3.63, 3.8) is 0 Å². The second kappa shape index (κ2) is 5.93. The van der Waals surface area contributed by atoms with Crippen molar-refractivity contribution in [1.29, 1.82) is 0 Å². The van der Waals surface area contributed by atoms with E-state index in [9.17, 15) is 23.2 Å². The zero-order chi connectivity index (χ0) is 18.3. The lowest BCUT2D eigenvalue weighted by molar-refractivity contribution is 0.102. The van der Waals surface area contributed by atoms with Crippen molar-refractivity contribution in [2.45, 2.75) is 0 Å². The maximum absolute atomic E-state index is 13.3. The number of halogens is 2. The van der Waals surface area contributed by atoms with Crippen molar-refractivity contribution in [2.24, 2.45) is 14.1 Å². The highest BCUT2D eigenvalue weighted by molar-refractivity contribution is 6.08. The first-order valence-electron chi connectivity index (χ1n) is 7.12. The fraction of sp³-hybridized carbons (Fsp3) is 0.125. The SMILES string of the molecule is Cn1c(=O)c2c(NC(=O)c3ccc(F)c(F)c3)ccnc2n(C)c1=O. The molecule has 0 aliphatic rings. The van der Waals surface area contributed by atoms with Crippen molar-refractivity contribution in [1.82, 2.24) is 14.1 Å². The van der Waals surface area contributed by atoms with Crippen LogP contribution in [0.4, 0.5) is 14.5 Å². The Morgan fingerprint density at radius 2 is 1.80 bits per heavy atom. The number of anilines is 1. The molecule has 0 spiro atoms. The van der Waals surface area contributed by atoms with Crippen LogP contribution in [0.5, 0.6) is 0 Å². The Balaban J connectivity index is 2.13. The van der Waals surface area contributed by atoms with E-state index < -0.39 is 28.8 Å². The number of carbonyl (C=O) groups excluding carboxylic acids is 1. The molecule has 0 unspecified atom stereocenters. The summed E-state index contributed by atoms with van der Waals surface area (Å²) in [6.45, 7) is 0.